The van der Waals surface area contributed by atoms with Gasteiger partial charge in [0.25, 0.3) is 11.8 Å². The SMILES string of the molecule is O=C1C=C2C=C(c3ccccc3)c3ccccc3C2(c2ccccc2)C(=O)N1c1ccc(Br)cc1. The van der Waals surface area contributed by atoms with Gasteiger partial charge in [-0.1, -0.05) is 101 Å². The molecule has 4 aromatic rings. The lowest BCUT2D eigenvalue weighted by molar-refractivity contribution is -0.127. The zero-order valence-electron chi connectivity index (χ0n) is 18.7. The van der Waals surface area contributed by atoms with Crippen molar-refractivity contribution >= 4 is 39.0 Å². The van der Waals surface area contributed by atoms with Crippen LogP contribution in [0, 0.1) is 0 Å². The van der Waals surface area contributed by atoms with Gasteiger partial charge in [-0.05, 0) is 63.7 Å². The Kier molecular flexibility index (Phi) is 5.12. The summed E-state index contributed by atoms with van der Waals surface area (Å²) in [6, 6.07) is 35.1. The third-order valence-corrected chi connectivity index (χ3v) is 7.28. The largest absolute Gasteiger partial charge is 0.272 e. The van der Waals surface area contributed by atoms with Crippen LogP contribution < -0.4 is 4.90 Å². The highest BCUT2D eigenvalue weighted by Crippen LogP contribution is 2.51. The molecule has 1 unspecified atom stereocenters. The average Bonchev–Trinajstić information content (AvgIpc) is 2.90. The number of carbonyl (C=O) groups is 2. The van der Waals surface area contributed by atoms with E-state index in [9.17, 15) is 9.59 Å². The second-order valence-electron chi connectivity index (χ2n) is 8.64. The van der Waals surface area contributed by atoms with Crippen LogP contribution in [0.4, 0.5) is 5.69 Å². The minimum absolute atomic E-state index is 0.274. The van der Waals surface area contributed by atoms with Gasteiger partial charge < -0.3 is 0 Å². The number of rotatable bonds is 3. The van der Waals surface area contributed by atoms with E-state index in [0.29, 0.717) is 11.3 Å². The van der Waals surface area contributed by atoms with Crippen LogP contribution in [0.1, 0.15) is 22.3 Å². The summed E-state index contributed by atoms with van der Waals surface area (Å²) in [4.78, 5) is 29.4. The highest BCUT2D eigenvalue weighted by molar-refractivity contribution is 9.10. The fourth-order valence-electron chi connectivity index (χ4n) is 5.22. The molecule has 1 atom stereocenters. The third kappa shape index (κ3) is 3.25. The molecule has 3 nitrogen and oxygen atoms in total. The number of halogens is 1. The van der Waals surface area contributed by atoms with Gasteiger partial charge in [-0.25, -0.2) is 4.90 Å². The van der Waals surface area contributed by atoms with Gasteiger partial charge >= 0.3 is 0 Å². The number of hydrogen-bond acceptors (Lipinski definition) is 2. The molecule has 1 aliphatic heterocycles. The smallest absolute Gasteiger partial charge is 0.258 e. The van der Waals surface area contributed by atoms with Crippen LogP contribution in [-0.4, -0.2) is 11.8 Å². The Balaban J connectivity index is 1.68. The number of allylic oxidation sites excluding steroid dienone is 1. The zero-order chi connectivity index (χ0) is 24.0. The van der Waals surface area contributed by atoms with Crippen molar-refractivity contribution in [3.05, 3.63) is 154 Å². The molecule has 4 aromatic carbocycles. The summed E-state index contributed by atoms with van der Waals surface area (Å²) in [6.45, 7) is 0. The lowest BCUT2D eigenvalue weighted by Gasteiger charge is -2.44. The first-order valence-electron chi connectivity index (χ1n) is 11.4. The molecule has 1 heterocycles. The fraction of sp³-hybridized carbons (Fsp3) is 0.0323. The third-order valence-electron chi connectivity index (χ3n) is 6.75. The summed E-state index contributed by atoms with van der Waals surface area (Å²) in [5.41, 5.74) is 4.82. The maximum atomic E-state index is 14.6. The van der Waals surface area contributed by atoms with E-state index in [2.05, 4.69) is 34.1 Å². The number of anilines is 1. The van der Waals surface area contributed by atoms with Crippen LogP contribution in [0.5, 0.6) is 0 Å². The predicted molar refractivity (Wildman–Crippen MR) is 142 cm³/mol. The molecule has 4 heteroatoms. The van der Waals surface area contributed by atoms with E-state index < -0.39 is 5.41 Å². The zero-order valence-corrected chi connectivity index (χ0v) is 20.3. The first kappa shape index (κ1) is 21.5. The van der Waals surface area contributed by atoms with Crippen molar-refractivity contribution in [2.75, 3.05) is 4.90 Å². The predicted octanol–water partition coefficient (Wildman–Crippen LogP) is 6.68. The number of imide groups is 1. The molecule has 0 saturated heterocycles. The summed E-state index contributed by atoms with van der Waals surface area (Å²) >= 11 is 3.44. The van der Waals surface area contributed by atoms with Gasteiger partial charge in [0, 0.05) is 10.5 Å². The van der Waals surface area contributed by atoms with Crippen molar-refractivity contribution in [1.29, 1.82) is 0 Å². The van der Waals surface area contributed by atoms with E-state index in [1.807, 2.05) is 84.9 Å². The van der Waals surface area contributed by atoms with E-state index in [4.69, 9.17) is 0 Å². The van der Waals surface area contributed by atoms with Gasteiger partial charge in [0.05, 0.1) is 5.69 Å². The topological polar surface area (TPSA) is 37.4 Å². The molecule has 0 spiro atoms. The second kappa shape index (κ2) is 8.33. The quantitative estimate of drug-likeness (QED) is 0.284. The number of fused-ring (bicyclic) bond motifs is 3. The molecule has 0 saturated carbocycles. The molecule has 0 radical (unpaired) electrons. The Morgan fingerprint density at radius 1 is 0.657 bits per heavy atom. The van der Waals surface area contributed by atoms with Crippen molar-refractivity contribution < 1.29 is 9.59 Å². The lowest BCUT2D eigenvalue weighted by Crippen LogP contribution is -2.55. The van der Waals surface area contributed by atoms with Gasteiger partial charge in [-0.15, -0.1) is 0 Å². The standard InChI is InChI=1S/C31H20BrNO2/c32-24-15-17-25(18-16-24)33-29(34)20-23-19-27(21-9-3-1-4-10-21)26-13-7-8-14-28(26)31(23,30(33)35)22-11-5-2-6-12-22/h1-20H. The molecule has 2 aliphatic rings. The maximum Gasteiger partial charge on any atom is 0.258 e. The number of benzene rings is 4. The van der Waals surface area contributed by atoms with Crippen molar-refractivity contribution in [2.45, 2.75) is 5.41 Å². The molecule has 2 amide bonds. The van der Waals surface area contributed by atoms with E-state index >= 15 is 0 Å². The van der Waals surface area contributed by atoms with Crippen LogP contribution in [0.2, 0.25) is 0 Å². The number of carbonyl (C=O) groups excluding carboxylic acids is 2. The summed E-state index contributed by atoms with van der Waals surface area (Å²) in [5.74, 6) is -0.619. The monoisotopic (exact) mass is 517 g/mol. The summed E-state index contributed by atoms with van der Waals surface area (Å²) in [7, 11) is 0. The molecule has 0 aromatic heterocycles. The summed E-state index contributed by atoms with van der Waals surface area (Å²) in [6.07, 6.45) is 3.63. The Morgan fingerprint density at radius 3 is 2.00 bits per heavy atom. The van der Waals surface area contributed by atoms with E-state index in [-0.39, 0.29) is 11.8 Å². The van der Waals surface area contributed by atoms with Crippen molar-refractivity contribution in [2.24, 2.45) is 0 Å². The first-order valence-corrected chi connectivity index (χ1v) is 12.2. The number of amides is 2. The van der Waals surface area contributed by atoms with Crippen molar-refractivity contribution in [3.8, 4) is 0 Å². The van der Waals surface area contributed by atoms with E-state index in [1.54, 1.807) is 18.2 Å². The van der Waals surface area contributed by atoms with E-state index in [1.165, 1.54) is 4.90 Å². The Morgan fingerprint density at radius 2 is 1.29 bits per heavy atom. The van der Waals surface area contributed by atoms with Crippen molar-refractivity contribution in [1.82, 2.24) is 0 Å². The Bertz CT molecular complexity index is 1520. The summed E-state index contributed by atoms with van der Waals surface area (Å²) < 4.78 is 0.880. The molecule has 35 heavy (non-hydrogen) atoms. The fourth-order valence-corrected chi connectivity index (χ4v) is 5.49. The highest BCUT2D eigenvalue weighted by atomic mass is 79.9. The van der Waals surface area contributed by atoms with Crippen LogP contribution in [-0.2, 0) is 15.0 Å². The van der Waals surface area contributed by atoms with Gasteiger partial charge in [0.1, 0.15) is 5.41 Å². The van der Waals surface area contributed by atoms with Crippen LogP contribution in [0.15, 0.2) is 131 Å². The van der Waals surface area contributed by atoms with Gasteiger partial charge in [-0.2, -0.15) is 0 Å². The molecular weight excluding hydrogens is 498 g/mol. The van der Waals surface area contributed by atoms with Gasteiger partial charge in [-0.3, -0.25) is 9.59 Å². The first-order chi connectivity index (χ1) is 17.1. The van der Waals surface area contributed by atoms with E-state index in [0.717, 1.165) is 32.3 Å². The van der Waals surface area contributed by atoms with Crippen LogP contribution in [0.25, 0.3) is 5.57 Å². The molecule has 0 fully saturated rings. The molecular formula is C31H20BrNO2. The number of nitrogens with zero attached hydrogens (tertiary/aromatic N) is 1. The normalized spacial score (nSPS) is 18.9. The minimum Gasteiger partial charge on any atom is -0.272 e. The average molecular weight is 518 g/mol. The molecule has 1 aliphatic carbocycles. The lowest BCUT2D eigenvalue weighted by atomic mass is 9.61. The highest BCUT2D eigenvalue weighted by Gasteiger charge is 2.54. The number of hydrogen-bond donors (Lipinski definition) is 0. The summed E-state index contributed by atoms with van der Waals surface area (Å²) in [5, 5.41) is 0. The minimum atomic E-state index is -1.14. The van der Waals surface area contributed by atoms with Crippen molar-refractivity contribution in [3.63, 3.8) is 0 Å². The van der Waals surface area contributed by atoms with Crippen LogP contribution >= 0.6 is 15.9 Å². The Labute approximate surface area is 212 Å². The van der Waals surface area contributed by atoms with Crippen LogP contribution in [0.3, 0.4) is 0 Å². The maximum absolute atomic E-state index is 14.6. The molecule has 168 valence electrons. The second-order valence-corrected chi connectivity index (χ2v) is 9.56. The van der Waals surface area contributed by atoms with Gasteiger partial charge in [0.15, 0.2) is 0 Å². The van der Waals surface area contributed by atoms with Gasteiger partial charge in [0.2, 0.25) is 0 Å². The molecule has 0 N–H and O–H groups in total. The Hall–Kier alpha value is -4.02. The molecule has 6 rings (SSSR count). The molecule has 0 bridgehead atoms.